The molecule has 0 bridgehead atoms. The van der Waals surface area contributed by atoms with Gasteiger partial charge in [0.2, 0.25) is 0 Å². The summed E-state index contributed by atoms with van der Waals surface area (Å²) in [7, 11) is 0. The number of nitriles is 1. The fourth-order valence-corrected chi connectivity index (χ4v) is 3.35. The predicted octanol–water partition coefficient (Wildman–Crippen LogP) is 5.51. The van der Waals surface area contributed by atoms with Crippen LogP contribution in [0.15, 0.2) is 36.2 Å². The van der Waals surface area contributed by atoms with Crippen molar-refractivity contribution in [1.82, 2.24) is 0 Å². The zero-order valence-corrected chi connectivity index (χ0v) is 14.8. The molecule has 1 aromatic carbocycles. The Labute approximate surface area is 149 Å². The van der Waals surface area contributed by atoms with Crippen molar-refractivity contribution in [2.45, 2.75) is 64.4 Å². The Morgan fingerprint density at radius 1 is 1.28 bits per heavy atom. The first-order valence-corrected chi connectivity index (χ1v) is 9.18. The molecule has 0 N–H and O–H groups in total. The third-order valence-corrected chi connectivity index (χ3v) is 4.80. The number of aryl methyl sites for hydroxylation is 1. The van der Waals surface area contributed by atoms with Crippen molar-refractivity contribution in [2.24, 2.45) is 5.92 Å². The SMILES string of the molecule is CCCc1ccc(C(=O)O[C@H]2CC[C@H](CCC=C(F)C#N)CC2)cc1. The molecule has 0 amide bonds. The van der Waals surface area contributed by atoms with E-state index in [9.17, 15) is 9.18 Å². The van der Waals surface area contributed by atoms with E-state index in [2.05, 4.69) is 6.92 Å². The largest absolute Gasteiger partial charge is 0.459 e. The van der Waals surface area contributed by atoms with Crippen LogP contribution in [0, 0.1) is 17.2 Å². The van der Waals surface area contributed by atoms with Crippen LogP contribution in [0.5, 0.6) is 0 Å². The van der Waals surface area contributed by atoms with Gasteiger partial charge in [-0.3, -0.25) is 0 Å². The molecule has 0 spiro atoms. The molecule has 1 aromatic rings. The third kappa shape index (κ3) is 6.34. The van der Waals surface area contributed by atoms with Gasteiger partial charge in [-0.2, -0.15) is 9.65 Å². The molecular formula is C21H26FNO2. The Bertz CT molecular complexity index is 622. The standard InChI is InChI=1S/C21H26FNO2/c1-2-4-16-7-11-18(12-8-16)21(24)25-20-13-9-17(10-14-20)5-3-6-19(22)15-23/h6-8,11-12,17,20H,2-5,9-10,13-14H2,1H3/t17-,20-. The third-order valence-electron chi connectivity index (χ3n) is 4.80. The summed E-state index contributed by atoms with van der Waals surface area (Å²) in [5.41, 5.74) is 1.85. The van der Waals surface area contributed by atoms with Gasteiger partial charge in [0.25, 0.3) is 0 Å². The van der Waals surface area contributed by atoms with E-state index in [4.69, 9.17) is 10.00 Å². The summed E-state index contributed by atoms with van der Waals surface area (Å²) in [6.45, 7) is 2.13. The first-order chi connectivity index (χ1) is 12.1. The summed E-state index contributed by atoms with van der Waals surface area (Å²) in [6.07, 6.45) is 8.60. The van der Waals surface area contributed by atoms with Crippen molar-refractivity contribution in [1.29, 1.82) is 5.26 Å². The normalized spacial score (nSPS) is 20.8. The molecule has 0 aliphatic heterocycles. The number of halogens is 1. The Morgan fingerprint density at radius 2 is 1.96 bits per heavy atom. The highest BCUT2D eigenvalue weighted by Crippen LogP contribution is 2.30. The van der Waals surface area contributed by atoms with Gasteiger partial charge in [0.1, 0.15) is 12.2 Å². The molecule has 134 valence electrons. The van der Waals surface area contributed by atoms with Gasteiger partial charge in [-0.15, -0.1) is 0 Å². The summed E-state index contributed by atoms with van der Waals surface area (Å²) in [5.74, 6) is -0.427. The number of carbonyl (C=O) groups excluding carboxylic acids is 1. The van der Waals surface area contributed by atoms with Gasteiger partial charge < -0.3 is 4.74 Å². The number of allylic oxidation sites excluding steroid dienone is 2. The number of carbonyl (C=O) groups is 1. The molecule has 1 aliphatic carbocycles. The van der Waals surface area contributed by atoms with Crippen LogP contribution in [0.4, 0.5) is 4.39 Å². The quantitative estimate of drug-likeness (QED) is 0.484. The van der Waals surface area contributed by atoms with Crippen molar-refractivity contribution in [3.05, 3.63) is 47.3 Å². The van der Waals surface area contributed by atoms with Crippen molar-refractivity contribution >= 4 is 5.97 Å². The number of nitrogens with zero attached hydrogens (tertiary/aromatic N) is 1. The van der Waals surface area contributed by atoms with Crippen LogP contribution < -0.4 is 0 Å². The van der Waals surface area contributed by atoms with Crippen LogP contribution in [0.25, 0.3) is 0 Å². The monoisotopic (exact) mass is 343 g/mol. The summed E-state index contributed by atoms with van der Waals surface area (Å²) in [4.78, 5) is 12.2. The highest BCUT2D eigenvalue weighted by atomic mass is 19.1. The summed E-state index contributed by atoms with van der Waals surface area (Å²) >= 11 is 0. The van der Waals surface area contributed by atoms with Crippen molar-refractivity contribution in [2.75, 3.05) is 0 Å². The fourth-order valence-electron chi connectivity index (χ4n) is 3.35. The Kier molecular flexibility index (Phi) is 7.66. The van der Waals surface area contributed by atoms with Crippen LogP contribution in [-0.4, -0.2) is 12.1 Å². The lowest BCUT2D eigenvalue weighted by molar-refractivity contribution is 0.0162. The summed E-state index contributed by atoms with van der Waals surface area (Å²) in [5, 5.41) is 8.38. The zero-order valence-electron chi connectivity index (χ0n) is 14.8. The van der Waals surface area contributed by atoms with E-state index in [0.717, 1.165) is 44.9 Å². The number of esters is 1. The smallest absolute Gasteiger partial charge is 0.338 e. The minimum atomic E-state index is -0.701. The minimum Gasteiger partial charge on any atom is -0.459 e. The fraction of sp³-hybridized carbons (Fsp3) is 0.524. The number of hydrogen-bond donors (Lipinski definition) is 0. The van der Waals surface area contributed by atoms with E-state index >= 15 is 0 Å². The molecular weight excluding hydrogens is 317 g/mol. The van der Waals surface area contributed by atoms with Crippen LogP contribution >= 0.6 is 0 Å². The van der Waals surface area contributed by atoms with Gasteiger partial charge in [-0.1, -0.05) is 25.5 Å². The minimum absolute atomic E-state index is 0.0227. The molecule has 1 aliphatic rings. The Hall–Kier alpha value is -2.15. The highest BCUT2D eigenvalue weighted by molar-refractivity contribution is 5.89. The lowest BCUT2D eigenvalue weighted by Crippen LogP contribution is -2.24. The van der Waals surface area contributed by atoms with Crippen molar-refractivity contribution in [3.8, 4) is 6.07 Å². The summed E-state index contributed by atoms with van der Waals surface area (Å²) in [6, 6.07) is 9.16. The molecule has 1 saturated carbocycles. The molecule has 0 radical (unpaired) electrons. The zero-order chi connectivity index (χ0) is 18.1. The second-order valence-electron chi connectivity index (χ2n) is 6.74. The lowest BCUT2D eigenvalue weighted by atomic mass is 9.84. The molecule has 1 fully saturated rings. The van der Waals surface area contributed by atoms with E-state index in [0.29, 0.717) is 17.9 Å². The topological polar surface area (TPSA) is 50.1 Å². The van der Waals surface area contributed by atoms with Crippen molar-refractivity contribution < 1.29 is 13.9 Å². The maximum absolute atomic E-state index is 12.8. The molecule has 0 unspecified atom stereocenters. The molecule has 3 nitrogen and oxygen atoms in total. The first kappa shape index (κ1) is 19.2. The van der Waals surface area contributed by atoms with Gasteiger partial charge in [0.15, 0.2) is 5.83 Å². The average Bonchev–Trinajstić information content (AvgIpc) is 2.64. The van der Waals surface area contributed by atoms with Gasteiger partial charge in [-0.05, 0) is 74.6 Å². The van der Waals surface area contributed by atoms with Crippen LogP contribution in [0.3, 0.4) is 0 Å². The average molecular weight is 343 g/mol. The van der Waals surface area contributed by atoms with E-state index in [-0.39, 0.29) is 12.1 Å². The second kappa shape index (κ2) is 9.98. The number of hydrogen-bond acceptors (Lipinski definition) is 3. The Balaban J connectivity index is 1.74. The predicted molar refractivity (Wildman–Crippen MR) is 95.6 cm³/mol. The molecule has 25 heavy (non-hydrogen) atoms. The van der Waals surface area contributed by atoms with E-state index in [1.165, 1.54) is 17.7 Å². The van der Waals surface area contributed by atoms with Gasteiger partial charge in [0, 0.05) is 0 Å². The van der Waals surface area contributed by atoms with E-state index in [1.807, 2.05) is 24.3 Å². The molecule has 4 heteroatoms. The first-order valence-electron chi connectivity index (χ1n) is 9.18. The number of rotatable bonds is 7. The second-order valence-corrected chi connectivity index (χ2v) is 6.74. The number of benzene rings is 1. The van der Waals surface area contributed by atoms with Gasteiger partial charge in [0.05, 0.1) is 5.56 Å². The Morgan fingerprint density at radius 3 is 2.56 bits per heavy atom. The van der Waals surface area contributed by atoms with Crippen LogP contribution in [0.1, 0.15) is 67.8 Å². The van der Waals surface area contributed by atoms with Gasteiger partial charge in [-0.25, -0.2) is 4.79 Å². The molecule has 2 rings (SSSR count). The highest BCUT2D eigenvalue weighted by Gasteiger charge is 2.24. The molecule has 0 atom stereocenters. The maximum atomic E-state index is 12.8. The maximum Gasteiger partial charge on any atom is 0.338 e. The molecule has 0 heterocycles. The van der Waals surface area contributed by atoms with E-state index in [1.54, 1.807) is 0 Å². The van der Waals surface area contributed by atoms with Crippen LogP contribution in [-0.2, 0) is 11.2 Å². The molecule has 0 aromatic heterocycles. The van der Waals surface area contributed by atoms with Gasteiger partial charge >= 0.3 is 5.97 Å². The van der Waals surface area contributed by atoms with E-state index < -0.39 is 5.83 Å². The molecule has 0 saturated heterocycles. The van der Waals surface area contributed by atoms with Crippen molar-refractivity contribution in [3.63, 3.8) is 0 Å². The lowest BCUT2D eigenvalue weighted by Gasteiger charge is -2.28. The number of ether oxygens (including phenoxy) is 1. The summed E-state index contributed by atoms with van der Waals surface area (Å²) < 4.78 is 18.4. The van der Waals surface area contributed by atoms with Crippen LogP contribution in [0.2, 0.25) is 0 Å².